The number of benzene rings is 2. The maximum Gasteiger partial charge on any atom is 0.288 e. The van der Waals surface area contributed by atoms with Gasteiger partial charge in [0.15, 0.2) is 5.76 Å². The van der Waals surface area contributed by atoms with E-state index in [0.717, 1.165) is 22.2 Å². The van der Waals surface area contributed by atoms with E-state index in [1.807, 2.05) is 79.7 Å². The van der Waals surface area contributed by atoms with Crippen LogP contribution >= 0.6 is 0 Å². The Balaban J connectivity index is 1.71. The van der Waals surface area contributed by atoms with Gasteiger partial charge in [0.25, 0.3) is 5.91 Å². The Labute approximate surface area is 151 Å². The van der Waals surface area contributed by atoms with E-state index in [-0.39, 0.29) is 11.9 Å². The third-order valence-electron chi connectivity index (χ3n) is 4.44. The van der Waals surface area contributed by atoms with Crippen molar-refractivity contribution in [2.24, 2.45) is 0 Å². The summed E-state index contributed by atoms with van der Waals surface area (Å²) < 4.78 is 5.80. The highest BCUT2D eigenvalue weighted by Gasteiger charge is 2.23. The Bertz CT molecular complexity index is 1000. The molecule has 0 aliphatic rings. The van der Waals surface area contributed by atoms with Gasteiger partial charge in [0.2, 0.25) is 0 Å². The second-order valence-electron chi connectivity index (χ2n) is 6.12. The first-order valence-corrected chi connectivity index (χ1v) is 8.49. The van der Waals surface area contributed by atoms with Crippen molar-refractivity contribution in [2.75, 3.05) is 0 Å². The molecule has 128 valence electrons. The molecule has 1 amide bonds. The summed E-state index contributed by atoms with van der Waals surface area (Å²) in [5.41, 5.74) is 3.30. The Morgan fingerprint density at radius 2 is 1.69 bits per heavy atom. The van der Waals surface area contributed by atoms with E-state index < -0.39 is 0 Å². The number of rotatable bonds is 4. The minimum Gasteiger partial charge on any atom is -0.451 e. The fourth-order valence-electron chi connectivity index (χ4n) is 3.11. The van der Waals surface area contributed by atoms with Gasteiger partial charge in [-0.1, -0.05) is 54.6 Å². The highest BCUT2D eigenvalue weighted by molar-refractivity contribution is 5.99. The number of fused-ring (bicyclic) bond motifs is 1. The van der Waals surface area contributed by atoms with Gasteiger partial charge in [-0.25, -0.2) is 0 Å². The number of nitrogens with zero attached hydrogens (tertiary/aromatic N) is 1. The van der Waals surface area contributed by atoms with Crippen LogP contribution in [-0.2, 0) is 0 Å². The molecule has 0 aliphatic heterocycles. The van der Waals surface area contributed by atoms with Crippen molar-refractivity contribution in [2.45, 2.75) is 13.0 Å². The van der Waals surface area contributed by atoms with Crippen molar-refractivity contribution < 1.29 is 9.21 Å². The largest absolute Gasteiger partial charge is 0.451 e. The summed E-state index contributed by atoms with van der Waals surface area (Å²) in [4.78, 5) is 17.4. The first kappa shape index (κ1) is 16.1. The van der Waals surface area contributed by atoms with Gasteiger partial charge in [-0.15, -0.1) is 0 Å². The Morgan fingerprint density at radius 3 is 2.42 bits per heavy atom. The fraction of sp³-hybridized carbons (Fsp3) is 0.0909. The molecule has 1 N–H and O–H groups in total. The van der Waals surface area contributed by atoms with Gasteiger partial charge >= 0.3 is 0 Å². The van der Waals surface area contributed by atoms with Crippen LogP contribution in [0.4, 0.5) is 0 Å². The van der Waals surface area contributed by atoms with Crippen molar-refractivity contribution in [3.8, 4) is 0 Å². The smallest absolute Gasteiger partial charge is 0.288 e. The Kier molecular flexibility index (Phi) is 4.23. The molecule has 2 aromatic heterocycles. The monoisotopic (exact) mass is 342 g/mol. The number of pyridine rings is 1. The minimum atomic E-state index is -0.350. The first-order valence-electron chi connectivity index (χ1n) is 8.49. The Morgan fingerprint density at radius 1 is 0.962 bits per heavy atom. The molecule has 0 saturated carbocycles. The van der Waals surface area contributed by atoms with E-state index in [4.69, 9.17) is 4.42 Å². The second kappa shape index (κ2) is 6.84. The van der Waals surface area contributed by atoms with E-state index in [1.165, 1.54) is 0 Å². The standard InChI is InChI=1S/C22H18N2O2/c1-15-17-11-5-6-13-19(17)26-21(15)22(25)24-20(16-9-3-2-4-10-16)18-12-7-8-14-23-18/h2-14,20H,1H3,(H,24,25). The molecule has 4 rings (SSSR count). The van der Waals surface area contributed by atoms with Crippen LogP contribution in [-0.4, -0.2) is 10.9 Å². The van der Waals surface area contributed by atoms with E-state index in [0.29, 0.717) is 11.3 Å². The number of furan rings is 1. The van der Waals surface area contributed by atoms with Crippen LogP contribution in [0.5, 0.6) is 0 Å². The zero-order chi connectivity index (χ0) is 17.9. The Hall–Kier alpha value is -3.40. The van der Waals surface area contributed by atoms with Crippen LogP contribution in [0.2, 0.25) is 0 Å². The summed E-state index contributed by atoms with van der Waals surface area (Å²) in [5.74, 6) is 0.0845. The lowest BCUT2D eigenvalue weighted by Gasteiger charge is -2.18. The van der Waals surface area contributed by atoms with Crippen molar-refractivity contribution in [3.05, 3.63) is 102 Å². The predicted molar refractivity (Wildman–Crippen MR) is 101 cm³/mol. The summed E-state index contributed by atoms with van der Waals surface area (Å²) in [6.45, 7) is 1.90. The maximum atomic E-state index is 13.0. The van der Waals surface area contributed by atoms with Gasteiger partial charge in [0, 0.05) is 17.1 Å². The predicted octanol–water partition coefficient (Wildman–Crippen LogP) is 4.66. The van der Waals surface area contributed by atoms with Crippen molar-refractivity contribution in [1.82, 2.24) is 10.3 Å². The fourth-order valence-corrected chi connectivity index (χ4v) is 3.11. The summed E-state index contributed by atoms with van der Waals surface area (Å²) in [6, 6.07) is 22.8. The zero-order valence-corrected chi connectivity index (χ0v) is 14.3. The van der Waals surface area contributed by atoms with Crippen LogP contribution in [0.3, 0.4) is 0 Å². The number of aromatic nitrogens is 1. The lowest BCUT2D eigenvalue weighted by Crippen LogP contribution is -2.30. The average molecular weight is 342 g/mol. The van der Waals surface area contributed by atoms with Crippen LogP contribution < -0.4 is 5.32 Å². The first-order chi connectivity index (χ1) is 12.7. The summed E-state index contributed by atoms with van der Waals surface area (Å²) in [7, 11) is 0. The quantitative estimate of drug-likeness (QED) is 0.587. The summed E-state index contributed by atoms with van der Waals surface area (Å²) in [6.07, 6.45) is 1.73. The molecule has 26 heavy (non-hydrogen) atoms. The molecule has 4 aromatic rings. The second-order valence-corrected chi connectivity index (χ2v) is 6.12. The summed E-state index contributed by atoms with van der Waals surface area (Å²) in [5, 5.41) is 4.02. The third-order valence-corrected chi connectivity index (χ3v) is 4.44. The normalized spacial score (nSPS) is 12.0. The van der Waals surface area contributed by atoms with Crippen LogP contribution in [0.1, 0.15) is 33.4 Å². The zero-order valence-electron chi connectivity index (χ0n) is 14.3. The van der Waals surface area contributed by atoms with E-state index >= 15 is 0 Å². The molecule has 0 saturated heterocycles. The van der Waals surface area contributed by atoms with Gasteiger partial charge in [0.1, 0.15) is 5.58 Å². The van der Waals surface area contributed by atoms with Crippen molar-refractivity contribution >= 4 is 16.9 Å². The molecule has 0 spiro atoms. The van der Waals surface area contributed by atoms with Gasteiger partial charge < -0.3 is 9.73 Å². The molecule has 2 aromatic carbocycles. The van der Waals surface area contributed by atoms with E-state index in [2.05, 4.69) is 10.3 Å². The van der Waals surface area contributed by atoms with Crippen molar-refractivity contribution in [3.63, 3.8) is 0 Å². The number of carbonyl (C=O) groups is 1. The van der Waals surface area contributed by atoms with Crippen LogP contribution in [0, 0.1) is 6.92 Å². The number of para-hydroxylation sites is 1. The topological polar surface area (TPSA) is 55.1 Å². The van der Waals surface area contributed by atoms with E-state index in [9.17, 15) is 4.79 Å². The molecule has 1 unspecified atom stereocenters. The number of amides is 1. The molecule has 1 atom stereocenters. The molecule has 2 heterocycles. The molecule has 4 heteroatoms. The van der Waals surface area contributed by atoms with Crippen molar-refractivity contribution in [1.29, 1.82) is 0 Å². The lowest BCUT2D eigenvalue weighted by atomic mass is 10.0. The molecule has 0 radical (unpaired) electrons. The lowest BCUT2D eigenvalue weighted by molar-refractivity contribution is 0.0915. The molecule has 0 aliphatic carbocycles. The maximum absolute atomic E-state index is 13.0. The molecular weight excluding hydrogens is 324 g/mol. The third kappa shape index (κ3) is 2.97. The van der Waals surface area contributed by atoms with Gasteiger partial charge in [-0.2, -0.15) is 0 Å². The van der Waals surface area contributed by atoms with Gasteiger partial charge in [0.05, 0.1) is 11.7 Å². The number of hydrogen-bond donors (Lipinski definition) is 1. The van der Waals surface area contributed by atoms with Crippen LogP contribution in [0.15, 0.2) is 83.4 Å². The molecule has 4 nitrogen and oxygen atoms in total. The highest BCUT2D eigenvalue weighted by atomic mass is 16.3. The number of aryl methyl sites for hydroxylation is 1. The number of nitrogens with one attached hydrogen (secondary N) is 1. The van der Waals surface area contributed by atoms with Gasteiger partial charge in [-0.05, 0) is 30.7 Å². The molecular formula is C22H18N2O2. The highest BCUT2D eigenvalue weighted by Crippen LogP contribution is 2.26. The number of hydrogen-bond acceptors (Lipinski definition) is 3. The molecule has 0 fully saturated rings. The SMILES string of the molecule is Cc1c(C(=O)NC(c2ccccc2)c2ccccn2)oc2ccccc12. The summed E-state index contributed by atoms with van der Waals surface area (Å²) >= 11 is 0. The average Bonchev–Trinajstić information content (AvgIpc) is 3.04. The van der Waals surface area contributed by atoms with Gasteiger partial charge in [-0.3, -0.25) is 9.78 Å². The molecule has 0 bridgehead atoms. The van der Waals surface area contributed by atoms with E-state index in [1.54, 1.807) is 6.20 Å². The number of carbonyl (C=O) groups excluding carboxylic acids is 1. The minimum absolute atomic E-state index is 0.252. The van der Waals surface area contributed by atoms with Crippen LogP contribution in [0.25, 0.3) is 11.0 Å².